The first-order valence-electron chi connectivity index (χ1n) is 8.80. The standard InChI is InChI=1S/C19H20F3N3O4/c1-29-12-4-2-3-11(7-12)24-18(28)25-16-13(8-14(26)17(16)27)10-5-6-15(23-9-10)19(20,21)22/h2-7,9,13-14,16-17,26-27H,8H2,1H3,(H2,24,25,28)/t13-,14-,16-,17-/m1/s1. The number of carbonyl (C=O) groups is 1. The number of pyridine rings is 1. The maximum atomic E-state index is 12.7. The van der Waals surface area contributed by atoms with Crippen molar-refractivity contribution in [1.82, 2.24) is 10.3 Å². The average Bonchev–Trinajstić information content (AvgIpc) is 2.96. The second-order valence-corrected chi connectivity index (χ2v) is 6.73. The van der Waals surface area contributed by atoms with Crippen LogP contribution in [0, 0.1) is 0 Å². The zero-order chi connectivity index (χ0) is 21.2. The van der Waals surface area contributed by atoms with Crippen LogP contribution in [0.15, 0.2) is 42.6 Å². The number of rotatable bonds is 4. The number of ether oxygens (including phenoxy) is 1. The van der Waals surface area contributed by atoms with Crippen LogP contribution in [0.4, 0.5) is 23.7 Å². The fourth-order valence-corrected chi connectivity index (χ4v) is 3.36. The fourth-order valence-electron chi connectivity index (χ4n) is 3.36. The van der Waals surface area contributed by atoms with Crippen molar-refractivity contribution in [2.45, 2.75) is 36.8 Å². The van der Waals surface area contributed by atoms with E-state index in [9.17, 15) is 28.2 Å². The van der Waals surface area contributed by atoms with Gasteiger partial charge in [-0.15, -0.1) is 0 Å². The number of hydrogen-bond acceptors (Lipinski definition) is 5. The molecule has 2 aromatic rings. The third-order valence-electron chi connectivity index (χ3n) is 4.82. The summed E-state index contributed by atoms with van der Waals surface area (Å²) in [5.74, 6) is -0.0707. The lowest BCUT2D eigenvalue weighted by Crippen LogP contribution is -2.46. The zero-order valence-electron chi connectivity index (χ0n) is 15.3. The molecule has 1 aliphatic rings. The van der Waals surface area contributed by atoms with Crippen molar-refractivity contribution in [1.29, 1.82) is 0 Å². The van der Waals surface area contributed by atoms with Crippen LogP contribution >= 0.6 is 0 Å². The van der Waals surface area contributed by atoms with Gasteiger partial charge >= 0.3 is 12.2 Å². The minimum Gasteiger partial charge on any atom is -0.497 e. The smallest absolute Gasteiger partial charge is 0.433 e. The molecule has 29 heavy (non-hydrogen) atoms. The number of alkyl halides is 3. The second-order valence-electron chi connectivity index (χ2n) is 6.73. The number of anilines is 1. The summed E-state index contributed by atoms with van der Waals surface area (Å²) in [7, 11) is 1.48. The number of aliphatic hydroxyl groups excluding tert-OH is 2. The summed E-state index contributed by atoms with van der Waals surface area (Å²) in [6.45, 7) is 0. The van der Waals surface area contributed by atoms with Crippen molar-refractivity contribution in [3.8, 4) is 5.75 Å². The van der Waals surface area contributed by atoms with Crippen LogP contribution in [0.3, 0.4) is 0 Å². The molecule has 1 aromatic heterocycles. The number of nitrogens with zero attached hydrogens (tertiary/aromatic N) is 1. The van der Waals surface area contributed by atoms with E-state index < -0.39 is 42.1 Å². The molecule has 1 saturated carbocycles. The number of aromatic nitrogens is 1. The van der Waals surface area contributed by atoms with E-state index in [1.807, 2.05) is 0 Å². The van der Waals surface area contributed by atoms with Crippen LogP contribution in [0.5, 0.6) is 5.75 Å². The van der Waals surface area contributed by atoms with Gasteiger partial charge in [0.2, 0.25) is 0 Å². The first-order valence-corrected chi connectivity index (χ1v) is 8.80. The van der Waals surface area contributed by atoms with Crippen LogP contribution in [0.1, 0.15) is 23.6 Å². The normalized spacial score (nSPS) is 24.2. The first kappa shape index (κ1) is 20.9. The summed E-state index contributed by atoms with van der Waals surface area (Å²) >= 11 is 0. The van der Waals surface area contributed by atoms with Crippen LogP contribution in [-0.4, -0.2) is 46.6 Å². The number of halogens is 3. The SMILES string of the molecule is COc1cccc(NC(=O)N[C@H]2[C@H](O)[C@H](O)C[C@@H]2c2ccc(C(F)(F)F)nc2)c1. The van der Waals surface area contributed by atoms with Crippen molar-refractivity contribution < 1.29 is 32.9 Å². The van der Waals surface area contributed by atoms with Crippen molar-refractivity contribution in [3.05, 3.63) is 53.9 Å². The van der Waals surface area contributed by atoms with E-state index in [4.69, 9.17) is 4.74 Å². The highest BCUT2D eigenvalue weighted by atomic mass is 19.4. The van der Waals surface area contributed by atoms with E-state index in [2.05, 4.69) is 15.6 Å². The predicted molar refractivity (Wildman–Crippen MR) is 97.5 cm³/mol. The minimum absolute atomic E-state index is 0.0678. The number of hydrogen-bond donors (Lipinski definition) is 4. The van der Waals surface area contributed by atoms with Gasteiger partial charge in [-0.25, -0.2) is 4.79 Å². The Labute approximate surface area is 164 Å². The molecule has 0 saturated heterocycles. The van der Waals surface area contributed by atoms with Crippen molar-refractivity contribution in [2.24, 2.45) is 0 Å². The maximum absolute atomic E-state index is 12.7. The van der Waals surface area contributed by atoms with Gasteiger partial charge in [0.15, 0.2) is 0 Å². The van der Waals surface area contributed by atoms with Crippen molar-refractivity contribution in [2.75, 3.05) is 12.4 Å². The molecule has 1 heterocycles. The lowest BCUT2D eigenvalue weighted by atomic mass is 9.94. The Hall–Kier alpha value is -2.85. The molecule has 7 nitrogen and oxygen atoms in total. The molecular formula is C19H20F3N3O4. The highest BCUT2D eigenvalue weighted by Gasteiger charge is 2.43. The molecule has 1 fully saturated rings. The summed E-state index contributed by atoms with van der Waals surface area (Å²) in [5, 5.41) is 25.5. The van der Waals surface area contributed by atoms with Gasteiger partial charge in [-0.3, -0.25) is 4.98 Å². The fraction of sp³-hybridized carbons (Fsp3) is 0.368. The Kier molecular flexibility index (Phi) is 5.94. The van der Waals surface area contributed by atoms with Crippen LogP contribution in [0.25, 0.3) is 0 Å². The van der Waals surface area contributed by atoms with Gasteiger partial charge in [0, 0.05) is 23.9 Å². The van der Waals surface area contributed by atoms with Gasteiger partial charge in [-0.2, -0.15) is 13.2 Å². The summed E-state index contributed by atoms with van der Waals surface area (Å²) in [4.78, 5) is 15.8. The molecule has 2 amide bonds. The lowest BCUT2D eigenvalue weighted by Gasteiger charge is -2.24. The topological polar surface area (TPSA) is 104 Å². The molecule has 0 radical (unpaired) electrons. The van der Waals surface area contributed by atoms with Gasteiger partial charge in [0.05, 0.1) is 19.3 Å². The monoisotopic (exact) mass is 411 g/mol. The molecule has 0 aliphatic heterocycles. The number of urea groups is 1. The molecule has 1 aliphatic carbocycles. The Morgan fingerprint density at radius 2 is 2.00 bits per heavy atom. The van der Waals surface area contributed by atoms with Crippen LogP contribution < -0.4 is 15.4 Å². The Morgan fingerprint density at radius 1 is 1.24 bits per heavy atom. The minimum atomic E-state index is -4.57. The number of nitrogens with one attached hydrogen (secondary N) is 2. The van der Waals surface area contributed by atoms with Gasteiger partial charge in [-0.1, -0.05) is 12.1 Å². The highest BCUT2D eigenvalue weighted by Crippen LogP contribution is 2.36. The average molecular weight is 411 g/mol. The largest absolute Gasteiger partial charge is 0.497 e. The Balaban J connectivity index is 1.74. The van der Waals surface area contributed by atoms with Crippen LogP contribution in [0.2, 0.25) is 0 Å². The van der Waals surface area contributed by atoms with E-state index in [0.29, 0.717) is 17.0 Å². The second kappa shape index (κ2) is 8.26. The predicted octanol–water partition coefficient (Wildman–Crippen LogP) is 2.51. The van der Waals surface area contributed by atoms with E-state index in [-0.39, 0.29) is 6.42 Å². The maximum Gasteiger partial charge on any atom is 0.433 e. The number of carbonyl (C=O) groups excluding carboxylic acids is 1. The first-order chi connectivity index (χ1) is 13.7. The Morgan fingerprint density at radius 3 is 2.62 bits per heavy atom. The molecule has 156 valence electrons. The van der Waals surface area contributed by atoms with E-state index in [1.54, 1.807) is 24.3 Å². The van der Waals surface area contributed by atoms with E-state index in [1.165, 1.54) is 13.2 Å². The molecular weight excluding hydrogens is 391 g/mol. The summed E-state index contributed by atoms with van der Waals surface area (Å²) in [6.07, 6.45) is -5.87. The van der Waals surface area contributed by atoms with E-state index in [0.717, 1.165) is 12.3 Å². The van der Waals surface area contributed by atoms with Crippen molar-refractivity contribution in [3.63, 3.8) is 0 Å². The number of methoxy groups -OCH3 is 1. The summed E-state index contributed by atoms with van der Waals surface area (Å²) < 4.78 is 43.2. The third-order valence-corrected chi connectivity index (χ3v) is 4.82. The summed E-state index contributed by atoms with van der Waals surface area (Å²) in [5.41, 5.74) is -0.219. The molecule has 3 rings (SSSR count). The summed E-state index contributed by atoms with van der Waals surface area (Å²) in [6, 6.07) is 7.14. The van der Waals surface area contributed by atoms with Crippen LogP contribution in [-0.2, 0) is 6.18 Å². The molecule has 4 atom stereocenters. The van der Waals surface area contributed by atoms with Gasteiger partial charge in [0.1, 0.15) is 17.5 Å². The van der Waals surface area contributed by atoms with Crippen molar-refractivity contribution >= 4 is 11.7 Å². The quantitative estimate of drug-likeness (QED) is 0.619. The number of benzene rings is 1. The van der Waals surface area contributed by atoms with Gasteiger partial charge in [0.25, 0.3) is 0 Å². The van der Waals surface area contributed by atoms with E-state index >= 15 is 0 Å². The van der Waals surface area contributed by atoms with Gasteiger partial charge in [-0.05, 0) is 30.2 Å². The molecule has 4 N–H and O–H groups in total. The lowest BCUT2D eigenvalue weighted by molar-refractivity contribution is -0.141. The third kappa shape index (κ3) is 4.77. The highest BCUT2D eigenvalue weighted by molar-refractivity contribution is 5.89. The molecule has 0 spiro atoms. The molecule has 0 unspecified atom stereocenters. The zero-order valence-corrected chi connectivity index (χ0v) is 15.3. The Bertz CT molecular complexity index is 861. The molecule has 1 aromatic carbocycles. The number of amides is 2. The number of aliphatic hydroxyl groups is 2. The molecule has 0 bridgehead atoms. The van der Waals surface area contributed by atoms with Gasteiger partial charge < -0.3 is 25.6 Å². The molecule has 10 heteroatoms.